The second kappa shape index (κ2) is 14.4. The number of amides is 1. The summed E-state index contributed by atoms with van der Waals surface area (Å²) >= 11 is 6.31. The number of rotatable bonds is 6. The van der Waals surface area contributed by atoms with Gasteiger partial charge >= 0.3 is 0 Å². The molecule has 1 amide bonds. The average Bonchev–Trinajstić information content (AvgIpc) is 2.70. The number of hydrogen-bond acceptors (Lipinski definition) is 6. The second-order valence-corrected chi connectivity index (χ2v) is 6.87. The Morgan fingerprint density at radius 2 is 1.90 bits per heavy atom. The standard InChI is InChI=1S/C19H22ClN5O2.3ClH/c20-17-11-15(1-2-18(26)24-27)12-22-19(17)23-16-5-9-25(10-6-16)13-14-3-7-21-8-4-14;;;/h1-4,7-8,11-12,16,27H,5-6,9-10,13H2,(H,22,23)(H,24,26);3*1H. The third kappa shape index (κ3) is 8.63. The maximum absolute atomic E-state index is 11.0. The maximum Gasteiger partial charge on any atom is 0.267 e. The first-order chi connectivity index (χ1) is 13.1. The summed E-state index contributed by atoms with van der Waals surface area (Å²) in [6.45, 7) is 2.96. The summed E-state index contributed by atoms with van der Waals surface area (Å²) in [6.07, 6.45) is 10.1. The average molecular weight is 497 g/mol. The Morgan fingerprint density at radius 1 is 1.23 bits per heavy atom. The number of piperidine rings is 1. The van der Waals surface area contributed by atoms with Crippen molar-refractivity contribution in [3.8, 4) is 0 Å². The third-order valence-electron chi connectivity index (χ3n) is 4.48. The molecule has 166 valence electrons. The number of carbonyl (C=O) groups is 1. The third-order valence-corrected chi connectivity index (χ3v) is 4.77. The van der Waals surface area contributed by atoms with Crippen molar-refractivity contribution in [1.82, 2.24) is 20.3 Å². The van der Waals surface area contributed by atoms with E-state index in [0.717, 1.165) is 32.5 Å². The summed E-state index contributed by atoms with van der Waals surface area (Å²) in [7, 11) is 0. The Morgan fingerprint density at radius 3 is 2.50 bits per heavy atom. The molecule has 1 aliphatic heterocycles. The molecule has 0 atom stereocenters. The number of carbonyl (C=O) groups excluding carboxylic acids is 1. The van der Waals surface area contributed by atoms with Gasteiger partial charge in [0.15, 0.2) is 0 Å². The highest BCUT2D eigenvalue weighted by Crippen LogP contribution is 2.24. The lowest BCUT2D eigenvalue weighted by Crippen LogP contribution is -2.38. The number of hydroxylamine groups is 1. The van der Waals surface area contributed by atoms with Crippen molar-refractivity contribution in [2.24, 2.45) is 0 Å². The number of nitrogens with one attached hydrogen (secondary N) is 2. The van der Waals surface area contributed by atoms with Crippen LogP contribution in [0.1, 0.15) is 24.0 Å². The van der Waals surface area contributed by atoms with Crippen molar-refractivity contribution in [2.75, 3.05) is 18.4 Å². The highest BCUT2D eigenvalue weighted by atomic mass is 35.5. The quantitative estimate of drug-likeness (QED) is 0.318. The molecular weight excluding hydrogens is 472 g/mol. The van der Waals surface area contributed by atoms with Crippen molar-refractivity contribution >= 4 is 66.6 Å². The Hall–Kier alpha value is -1.61. The van der Waals surface area contributed by atoms with Gasteiger partial charge in [-0.05, 0) is 48.2 Å². The molecule has 1 fully saturated rings. The van der Waals surface area contributed by atoms with Gasteiger partial charge < -0.3 is 5.32 Å². The Kier molecular flexibility index (Phi) is 13.6. The van der Waals surface area contributed by atoms with Crippen LogP contribution in [0.25, 0.3) is 6.08 Å². The number of pyridine rings is 2. The molecule has 1 aliphatic rings. The van der Waals surface area contributed by atoms with E-state index in [4.69, 9.17) is 16.8 Å². The number of nitrogens with zero attached hydrogens (tertiary/aromatic N) is 3. The highest BCUT2D eigenvalue weighted by Gasteiger charge is 2.20. The van der Waals surface area contributed by atoms with Crippen LogP contribution < -0.4 is 10.8 Å². The normalized spacial score (nSPS) is 14.2. The summed E-state index contributed by atoms with van der Waals surface area (Å²) in [5.74, 6) is 0.0415. The SMILES string of the molecule is Cl.Cl.Cl.O=C(C=Cc1cnc(NC2CCN(Cc3ccncc3)CC2)c(Cl)c1)NO. The zero-order valence-corrected chi connectivity index (χ0v) is 19.2. The van der Waals surface area contributed by atoms with Crippen LogP contribution in [0.2, 0.25) is 5.02 Å². The van der Waals surface area contributed by atoms with Crippen LogP contribution in [0.15, 0.2) is 42.9 Å². The van der Waals surface area contributed by atoms with Crippen LogP contribution in [0.5, 0.6) is 0 Å². The molecule has 0 radical (unpaired) electrons. The van der Waals surface area contributed by atoms with E-state index in [-0.39, 0.29) is 37.2 Å². The molecule has 3 N–H and O–H groups in total. The molecule has 11 heteroatoms. The molecule has 1 saturated heterocycles. The predicted molar refractivity (Wildman–Crippen MR) is 126 cm³/mol. The molecule has 0 spiro atoms. The van der Waals surface area contributed by atoms with E-state index < -0.39 is 5.91 Å². The number of aromatic nitrogens is 2. The number of likely N-dealkylation sites (tertiary alicyclic amines) is 1. The van der Waals surface area contributed by atoms with Gasteiger partial charge in [-0.15, -0.1) is 37.2 Å². The van der Waals surface area contributed by atoms with E-state index in [0.29, 0.717) is 22.4 Å². The van der Waals surface area contributed by atoms with Gasteiger partial charge in [0.2, 0.25) is 0 Å². The first kappa shape index (κ1) is 28.4. The van der Waals surface area contributed by atoms with Gasteiger partial charge in [-0.25, -0.2) is 10.5 Å². The first-order valence-electron chi connectivity index (χ1n) is 8.79. The van der Waals surface area contributed by atoms with Crippen LogP contribution >= 0.6 is 48.8 Å². The monoisotopic (exact) mass is 495 g/mol. The Labute approximate surface area is 199 Å². The summed E-state index contributed by atoms with van der Waals surface area (Å²) in [5, 5.41) is 12.4. The summed E-state index contributed by atoms with van der Waals surface area (Å²) in [6, 6.07) is 6.16. The zero-order chi connectivity index (χ0) is 19.1. The van der Waals surface area contributed by atoms with Gasteiger partial charge in [-0.2, -0.15) is 0 Å². The van der Waals surface area contributed by atoms with Crippen molar-refractivity contribution in [2.45, 2.75) is 25.4 Å². The molecule has 2 aromatic heterocycles. The number of halogens is 4. The minimum Gasteiger partial charge on any atom is -0.366 e. The van der Waals surface area contributed by atoms with E-state index in [9.17, 15) is 4.79 Å². The smallest absolute Gasteiger partial charge is 0.267 e. The highest BCUT2D eigenvalue weighted by molar-refractivity contribution is 6.33. The van der Waals surface area contributed by atoms with E-state index in [1.807, 2.05) is 24.5 Å². The molecule has 0 aliphatic carbocycles. The molecule has 0 aromatic carbocycles. The fraction of sp³-hybridized carbons (Fsp3) is 0.316. The molecule has 3 rings (SSSR count). The van der Waals surface area contributed by atoms with Crippen LogP contribution in [-0.2, 0) is 11.3 Å². The van der Waals surface area contributed by atoms with Crippen molar-refractivity contribution in [3.05, 3.63) is 59.0 Å². The van der Waals surface area contributed by atoms with Crippen molar-refractivity contribution in [3.63, 3.8) is 0 Å². The maximum atomic E-state index is 11.0. The Balaban J connectivity index is 0.00000280. The largest absolute Gasteiger partial charge is 0.366 e. The summed E-state index contributed by atoms with van der Waals surface area (Å²) < 4.78 is 0. The minimum absolute atomic E-state index is 0. The molecule has 7 nitrogen and oxygen atoms in total. The molecule has 30 heavy (non-hydrogen) atoms. The van der Waals surface area contributed by atoms with Gasteiger partial charge in [0.25, 0.3) is 5.91 Å². The van der Waals surface area contributed by atoms with Crippen LogP contribution in [0.3, 0.4) is 0 Å². The lowest BCUT2D eigenvalue weighted by molar-refractivity contribution is -0.124. The topological polar surface area (TPSA) is 90.4 Å². The van der Waals surface area contributed by atoms with Gasteiger partial charge in [-0.1, -0.05) is 11.6 Å². The first-order valence-corrected chi connectivity index (χ1v) is 9.17. The van der Waals surface area contributed by atoms with E-state index in [2.05, 4.69) is 20.2 Å². The van der Waals surface area contributed by atoms with Crippen molar-refractivity contribution in [1.29, 1.82) is 0 Å². The molecule has 2 aromatic rings. The van der Waals surface area contributed by atoms with E-state index in [1.54, 1.807) is 12.3 Å². The molecule has 0 saturated carbocycles. The fourth-order valence-corrected chi connectivity index (χ4v) is 3.26. The van der Waals surface area contributed by atoms with E-state index in [1.165, 1.54) is 23.2 Å². The van der Waals surface area contributed by atoms with E-state index >= 15 is 0 Å². The minimum atomic E-state index is -0.605. The Bertz CT molecular complexity index is 803. The number of anilines is 1. The van der Waals surface area contributed by atoms with Crippen LogP contribution in [-0.4, -0.2) is 45.1 Å². The molecular formula is C19H25Cl4N5O2. The molecule has 0 unspecified atom stereocenters. The molecule has 0 bridgehead atoms. The van der Waals surface area contributed by atoms with Gasteiger partial charge in [0, 0.05) is 50.3 Å². The fourth-order valence-electron chi connectivity index (χ4n) is 3.03. The van der Waals surface area contributed by atoms with Crippen molar-refractivity contribution < 1.29 is 10.0 Å². The summed E-state index contributed by atoms with van der Waals surface area (Å²) in [4.78, 5) is 21.9. The predicted octanol–water partition coefficient (Wildman–Crippen LogP) is 3.99. The van der Waals surface area contributed by atoms with Gasteiger partial charge in [-0.3, -0.25) is 19.9 Å². The number of hydrogen-bond donors (Lipinski definition) is 3. The zero-order valence-electron chi connectivity index (χ0n) is 16.0. The van der Waals surface area contributed by atoms with Crippen LogP contribution in [0.4, 0.5) is 5.82 Å². The lowest BCUT2D eigenvalue weighted by atomic mass is 10.0. The second-order valence-electron chi connectivity index (χ2n) is 6.46. The lowest BCUT2D eigenvalue weighted by Gasteiger charge is -2.32. The molecule has 3 heterocycles. The van der Waals surface area contributed by atoms with Gasteiger partial charge in [0.1, 0.15) is 5.82 Å². The summed E-state index contributed by atoms with van der Waals surface area (Å²) in [5.41, 5.74) is 3.49. The van der Waals surface area contributed by atoms with Crippen LogP contribution in [0, 0.1) is 0 Å². The van der Waals surface area contributed by atoms with Gasteiger partial charge in [0.05, 0.1) is 5.02 Å².